The molecule has 7 nitrogen and oxygen atoms in total. The first-order valence-corrected chi connectivity index (χ1v) is 6.58. The highest BCUT2D eigenvalue weighted by Crippen LogP contribution is 2.28. The number of hydrogen-bond acceptors (Lipinski definition) is 6. The summed E-state index contributed by atoms with van der Waals surface area (Å²) in [7, 11) is 1.61. The Morgan fingerprint density at radius 2 is 2.30 bits per heavy atom. The van der Waals surface area contributed by atoms with Gasteiger partial charge in [-0.1, -0.05) is 0 Å². The molecule has 1 saturated heterocycles. The maximum absolute atomic E-state index is 5.89. The monoisotopic (exact) mass is 275 g/mol. The molecular weight excluding hydrogens is 258 g/mol. The molecule has 1 aliphatic rings. The van der Waals surface area contributed by atoms with Crippen LogP contribution >= 0.6 is 0 Å². The van der Waals surface area contributed by atoms with Crippen molar-refractivity contribution in [1.29, 1.82) is 0 Å². The average molecular weight is 275 g/mol. The molecule has 1 atom stereocenters. The minimum absolute atomic E-state index is 0.168. The molecule has 0 bridgehead atoms. The summed E-state index contributed by atoms with van der Waals surface area (Å²) in [5.41, 5.74) is 7.35. The Morgan fingerprint density at radius 3 is 3.05 bits per heavy atom. The highest BCUT2D eigenvalue weighted by atomic mass is 16.5. The quantitative estimate of drug-likeness (QED) is 0.849. The lowest BCUT2D eigenvalue weighted by Crippen LogP contribution is -2.23. The zero-order chi connectivity index (χ0) is 13.9. The van der Waals surface area contributed by atoms with E-state index in [1.165, 1.54) is 0 Å². The minimum Gasteiger partial charge on any atom is -0.497 e. The average Bonchev–Trinajstić information content (AvgIpc) is 2.97. The molecule has 1 aliphatic heterocycles. The summed E-state index contributed by atoms with van der Waals surface area (Å²) >= 11 is 0. The predicted molar refractivity (Wildman–Crippen MR) is 73.3 cm³/mol. The van der Waals surface area contributed by atoms with Crippen molar-refractivity contribution in [3.8, 4) is 17.1 Å². The third-order valence-electron chi connectivity index (χ3n) is 3.40. The molecule has 2 heterocycles. The maximum atomic E-state index is 5.89. The molecule has 7 heteroatoms. The van der Waals surface area contributed by atoms with Gasteiger partial charge in [-0.3, -0.25) is 0 Å². The maximum Gasteiger partial charge on any atom is 0.182 e. The largest absolute Gasteiger partial charge is 0.497 e. The van der Waals surface area contributed by atoms with Crippen molar-refractivity contribution in [1.82, 2.24) is 20.2 Å². The van der Waals surface area contributed by atoms with E-state index >= 15 is 0 Å². The Bertz CT molecular complexity index is 592. The zero-order valence-corrected chi connectivity index (χ0v) is 11.3. The van der Waals surface area contributed by atoms with Gasteiger partial charge in [0.1, 0.15) is 5.75 Å². The molecule has 1 aromatic heterocycles. The van der Waals surface area contributed by atoms with Crippen LogP contribution in [0.4, 0.5) is 5.69 Å². The summed E-state index contributed by atoms with van der Waals surface area (Å²) in [4.78, 5) is 0. The normalized spacial score (nSPS) is 18.9. The van der Waals surface area contributed by atoms with Crippen molar-refractivity contribution in [2.45, 2.75) is 18.9 Å². The van der Waals surface area contributed by atoms with Crippen molar-refractivity contribution < 1.29 is 9.47 Å². The van der Waals surface area contributed by atoms with Gasteiger partial charge in [-0.15, -0.1) is 5.10 Å². The van der Waals surface area contributed by atoms with Crippen LogP contribution in [-0.2, 0) is 4.74 Å². The Hall–Kier alpha value is -2.15. The van der Waals surface area contributed by atoms with Crippen molar-refractivity contribution in [2.75, 3.05) is 26.1 Å². The molecule has 0 amide bonds. The van der Waals surface area contributed by atoms with Crippen LogP contribution < -0.4 is 10.5 Å². The predicted octanol–water partition coefficient (Wildman–Crippen LogP) is 1.28. The number of benzene rings is 1. The molecule has 0 aliphatic carbocycles. The highest BCUT2D eigenvalue weighted by molar-refractivity contribution is 5.64. The van der Waals surface area contributed by atoms with E-state index in [1.807, 2.05) is 16.8 Å². The molecular formula is C13H17N5O2. The van der Waals surface area contributed by atoms with Crippen LogP contribution in [0.1, 0.15) is 18.9 Å². The van der Waals surface area contributed by atoms with Crippen molar-refractivity contribution in [3.05, 3.63) is 18.2 Å². The molecule has 2 N–H and O–H groups in total. The van der Waals surface area contributed by atoms with E-state index in [2.05, 4.69) is 15.5 Å². The topological polar surface area (TPSA) is 88.1 Å². The van der Waals surface area contributed by atoms with E-state index < -0.39 is 0 Å². The number of methoxy groups -OCH3 is 1. The number of nitrogens with zero attached hydrogens (tertiary/aromatic N) is 4. The Labute approximate surface area is 116 Å². The zero-order valence-electron chi connectivity index (χ0n) is 11.3. The van der Waals surface area contributed by atoms with E-state index in [0.717, 1.165) is 25.0 Å². The summed E-state index contributed by atoms with van der Waals surface area (Å²) < 4.78 is 12.5. The van der Waals surface area contributed by atoms with Crippen LogP contribution in [0.25, 0.3) is 11.4 Å². The van der Waals surface area contributed by atoms with Gasteiger partial charge in [-0.25, -0.2) is 4.68 Å². The fraction of sp³-hybridized carbons (Fsp3) is 0.462. The number of nitrogens with two attached hydrogens (primary N) is 1. The van der Waals surface area contributed by atoms with E-state index in [9.17, 15) is 0 Å². The smallest absolute Gasteiger partial charge is 0.182 e. The van der Waals surface area contributed by atoms with Crippen LogP contribution in [0.3, 0.4) is 0 Å². The summed E-state index contributed by atoms with van der Waals surface area (Å²) in [6, 6.07) is 5.65. The van der Waals surface area contributed by atoms with Gasteiger partial charge in [0, 0.05) is 23.9 Å². The van der Waals surface area contributed by atoms with Gasteiger partial charge >= 0.3 is 0 Å². The van der Waals surface area contributed by atoms with Gasteiger partial charge in [-0.2, -0.15) is 0 Å². The van der Waals surface area contributed by atoms with Crippen LogP contribution in [0.2, 0.25) is 0 Å². The second-order valence-corrected chi connectivity index (χ2v) is 4.81. The van der Waals surface area contributed by atoms with E-state index in [-0.39, 0.29) is 6.04 Å². The summed E-state index contributed by atoms with van der Waals surface area (Å²) in [6.45, 7) is 1.44. The number of ether oxygens (including phenoxy) is 2. The van der Waals surface area contributed by atoms with Gasteiger partial charge in [0.2, 0.25) is 0 Å². The first-order chi connectivity index (χ1) is 9.78. The van der Waals surface area contributed by atoms with Gasteiger partial charge < -0.3 is 15.2 Å². The number of tetrazole rings is 1. The highest BCUT2D eigenvalue weighted by Gasteiger charge is 2.21. The lowest BCUT2D eigenvalue weighted by Gasteiger charge is -2.22. The molecule has 2 aromatic rings. The fourth-order valence-corrected chi connectivity index (χ4v) is 2.42. The number of aromatic nitrogens is 4. The Kier molecular flexibility index (Phi) is 3.51. The molecule has 0 saturated carbocycles. The van der Waals surface area contributed by atoms with Gasteiger partial charge in [0.25, 0.3) is 0 Å². The Balaban J connectivity index is 1.98. The summed E-state index contributed by atoms with van der Waals surface area (Å²) in [6.07, 6.45) is 2.03. The lowest BCUT2D eigenvalue weighted by molar-refractivity contribution is 0.0548. The van der Waals surface area contributed by atoms with Crippen LogP contribution in [0.15, 0.2) is 18.2 Å². The van der Waals surface area contributed by atoms with Crippen molar-refractivity contribution >= 4 is 5.69 Å². The fourth-order valence-electron chi connectivity index (χ4n) is 2.42. The standard InChI is InChI=1S/C13H17N5O2/c1-19-12-6-9(5-10(14)7-12)13-15-16-17-18(13)11-3-2-4-20-8-11/h5-7,11H,2-4,8,14H2,1H3. The molecule has 3 rings (SSSR count). The SMILES string of the molecule is COc1cc(N)cc(-c2nnnn2C2CCCOC2)c1. The third kappa shape index (κ3) is 2.44. The second-order valence-electron chi connectivity index (χ2n) is 4.81. The molecule has 0 spiro atoms. The minimum atomic E-state index is 0.168. The number of anilines is 1. The molecule has 0 radical (unpaired) electrons. The summed E-state index contributed by atoms with van der Waals surface area (Å²) in [5.74, 6) is 1.38. The van der Waals surface area contributed by atoms with Crippen LogP contribution in [0.5, 0.6) is 5.75 Å². The van der Waals surface area contributed by atoms with Crippen molar-refractivity contribution in [2.24, 2.45) is 0 Å². The van der Waals surface area contributed by atoms with Gasteiger partial charge in [-0.05, 0) is 35.4 Å². The lowest BCUT2D eigenvalue weighted by atomic mass is 10.1. The molecule has 1 aromatic carbocycles. The number of rotatable bonds is 3. The Morgan fingerprint density at radius 1 is 1.40 bits per heavy atom. The van der Waals surface area contributed by atoms with E-state index in [1.54, 1.807) is 13.2 Å². The molecule has 106 valence electrons. The number of hydrogen-bond donors (Lipinski definition) is 1. The van der Waals surface area contributed by atoms with Gasteiger partial charge in [0.15, 0.2) is 5.82 Å². The first-order valence-electron chi connectivity index (χ1n) is 6.58. The molecule has 20 heavy (non-hydrogen) atoms. The first kappa shape index (κ1) is 12.9. The van der Waals surface area contributed by atoms with Crippen LogP contribution in [-0.4, -0.2) is 40.5 Å². The second kappa shape index (κ2) is 5.46. The van der Waals surface area contributed by atoms with Gasteiger partial charge in [0.05, 0.1) is 19.8 Å². The molecule has 1 unspecified atom stereocenters. The molecule has 1 fully saturated rings. The summed E-state index contributed by atoms with van der Waals surface area (Å²) in [5, 5.41) is 12.0. The third-order valence-corrected chi connectivity index (χ3v) is 3.40. The van der Waals surface area contributed by atoms with E-state index in [4.69, 9.17) is 15.2 Å². The number of nitrogen functional groups attached to an aromatic ring is 1. The van der Waals surface area contributed by atoms with E-state index in [0.29, 0.717) is 23.9 Å². The van der Waals surface area contributed by atoms with Crippen LogP contribution in [0, 0.1) is 0 Å². The van der Waals surface area contributed by atoms with Crippen molar-refractivity contribution in [3.63, 3.8) is 0 Å².